The molecule has 1 atom stereocenters. The molecule has 1 saturated carbocycles. The van der Waals surface area contributed by atoms with Crippen LogP contribution in [-0.2, 0) is 4.79 Å². The van der Waals surface area contributed by atoms with Gasteiger partial charge in [0.15, 0.2) is 5.82 Å². The maximum Gasteiger partial charge on any atom is 0.247 e. The zero-order valence-corrected chi connectivity index (χ0v) is 17.6. The van der Waals surface area contributed by atoms with Crippen molar-refractivity contribution in [2.24, 2.45) is 11.8 Å². The van der Waals surface area contributed by atoms with Crippen LogP contribution in [0.1, 0.15) is 32.4 Å². The highest BCUT2D eigenvalue weighted by Crippen LogP contribution is 2.35. The van der Waals surface area contributed by atoms with Crippen LogP contribution < -0.4 is 20.3 Å². The molecule has 2 N–H and O–H groups in total. The molecule has 9 heteroatoms. The first kappa shape index (κ1) is 20.3. The summed E-state index contributed by atoms with van der Waals surface area (Å²) in [6.07, 6.45) is 3.28. The minimum absolute atomic E-state index is 0.0226. The number of fused-ring (bicyclic) bond motifs is 1. The van der Waals surface area contributed by atoms with Crippen LogP contribution in [0, 0.1) is 24.7 Å². The van der Waals surface area contributed by atoms with Crippen molar-refractivity contribution < 1.29 is 13.9 Å². The summed E-state index contributed by atoms with van der Waals surface area (Å²) >= 11 is 0. The van der Waals surface area contributed by atoms with E-state index in [0.29, 0.717) is 29.9 Å². The highest BCUT2D eigenvalue weighted by Gasteiger charge is 2.36. The van der Waals surface area contributed by atoms with Crippen LogP contribution in [0.5, 0.6) is 5.75 Å². The molecule has 3 heterocycles. The van der Waals surface area contributed by atoms with Gasteiger partial charge >= 0.3 is 0 Å². The van der Waals surface area contributed by atoms with Gasteiger partial charge in [-0.2, -0.15) is 9.37 Å². The van der Waals surface area contributed by atoms with Crippen molar-refractivity contribution in [3.8, 4) is 5.75 Å². The van der Waals surface area contributed by atoms with E-state index >= 15 is 0 Å². The Kier molecular flexibility index (Phi) is 5.44. The summed E-state index contributed by atoms with van der Waals surface area (Å²) < 4.78 is 18.5. The maximum absolute atomic E-state index is 12.8. The van der Waals surface area contributed by atoms with Crippen molar-refractivity contribution in [2.75, 3.05) is 29.2 Å². The molecule has 0 radical (unpaired) electrons. The first-order valence-electron chi connectivity index (χ1n) is 10.2. The van der Waals surface area contributed by atoms with Crippen LogP contribution in [-0.4, -0.2) is 46.6 Å². The van der Waals surface area contributed by atoms with Gasteiger partial charge in [0, 0.05) is 13.1 Å². The second kappa shape index (κ2) is 8.04. The van der Waals surface area contributed by atoms with E-state index < -0.39 is 5.95 Å². The van der Waals surface area contributed by atoms with Gasteiger partial charge in [-0.1, -0.05) is 13.8 Å². The van der Waals surface area contributed by atoms with Gasteiger partial charge in [0.2, 0.25) is 17.8 Å². The highest BCUT2D eigenvalue weighted by molar-refractivity contribution is 6.03. The Labute approximate surface area is 175 Å². The lowest BCUT2D eigenvalue weighted by molar-refractivity contribution is -0.118. The third kappa shape index (κ3) is 4.01. The Hall–Kier alpha value is -2.97. The van der Waals surface area contributed by atoms with Gasteiger partial charge in [0.25, 0.3) is 0 Å². The fourth-order valence-corrected chi connectivity index (χ4v) is 4.11. The molecule has 0 bridgehead atoms. The van der Waals surface area contributed by atoms with E-state index in [4.69, 9.17) is 4.74 Å². The number of anilines is 3. The summed E-state index contributed by atoms with van der Waals surface area (Å²) in [5, 5.41) is 6.36. The molecule has 1 aliphatic carbocycles. The van der Waals surface area contributed by atoms with Gasteiger partial charge in [0.05, 0.1) is 18.5 Å². The molecule has 2 aromatic rings. The number of hydrogen-bond donors (Lipinski definition) is 2. The second-order valence-electron chi connectivity index (χ2n) is 8.43. The zero-order chi connectivity index (χ0) is 21.4. The predicted octanol–water partition coefficient (Wildman–Crippen LogP) is 3.00. The lowest BCUT2D eigenvalue weighted by Gasteiger charge is -2.38. The number of carbonyl (C=O) groups is 1. The molecule has 160 valence electrons. The number of amides is 1. The molecular weight excluding hydrogens is 387 g/mol. The summed E-state index contributed by atoms with van der Waals surface area (Å²) in [4.78, 5) is 27.2. The summed E-state index contributed by atoms with van der Waals surface area (Å²) in [5.74, 6) is 1.93. The van der Waals surface area contributed by atoms with Crippen molar-refractivity contribution in [3.63, 3.8) is 0 Å². The molecule has 8 nitrogen and oxygen atoms in total. The number of nitrogens with one attached hydrogen (secondary N) is 2. The maximum atomic E-state index is 12.8. The third-order valence-electron chi connectivity index (χ3n) is 5.73. The SMILES string of the molecule is Cc1nc(NC2CC(COc3ccc(F)nc3)C2)nc2c1NC(=O)[C@H](C(C)C)N2C. The molecular formula is C21H27FN6O2. The Morgan fingerprint density at radius 3 is 2.77 bits per heavy atom. The van der Waals surface area contributed by atoms with Gasteiger partial charge in [-0.25, -0.2) is 9.97 Å². The van der Waals surface area contributed by atoms with E-state index in [2.05, 4.69) is 25.6 Å². The number of aryl methyl sites for hydroxylation is 1. The standard InChI is InChI=1S/C21H27FN6O2/c1-11(2)18-20(29)26-17-12(3)24-21(27-19(17)28(18)4)25-14-7-13(8-14)10-30-15-5-6-16(22)23-9-15/h5-6,9,11,13-14,18H,7-8,10H2,1-4H3,(H,26,29)(H,24,25,27)/t13?,14?,18-/m0/s1. The quantitative estimate of drug-likeness (QED) is 0.702. The van der Waals surface area contributed by atoms with Crippen molar-refractivity contribution in [1.29, 1.82) is 0 Å². The van der Waals surface area contributed by atoms with E-state index in [1.165, 1.54) is 12.3 Å². The van der Waals surface area contributed by atoms with Gasteiger partial charge in [0.1, 0.15) is 17.5 Å². The van der Waals surface area contributed by atoms with Crippen LogP contribution in [0.2, 0.25) is 0 Å². The monoisotopic (exact) mass is 414 g/mol. The van der Waals surface area contributed by atoms with E-state index in [0.717, 1.165) is 24.4 Å². The van der Waals surface area contributed by atoms with Crippen molar-refractivity contribution >= 4 is 23.4 Å². The summed E-state index contributed by atoms with van der Waals surface area (Å²) in [6.45, 7) is 6.50. The number of halogens is 1. The number of nitrogens with zero attached hydrogens (tertiary/aromatic N) is 4. The van der Waals surface area contributed by atoms with Crippen molar-refractivity contribution in [1.82, 2.24) is 15.0 Å². The Morgan fingerprint density at radius 1 is 1.33 bits per heavy atom. The Bertz CT molecular complexity index is 930. The molecule has 0 saturated heterocycles. The topological polar surface area (TPSA) is 92.3 Å². The largest absolute Gasteiger partial charge is 0.492 e. The van der Waals surface area contributed by atoms with Gasteiger partial charge in [-0.3, -0.25) is 4.79 Å². The fraction of sp³-hybridized carbons (Fsp3) is 0.524. The summed E-state index contributed by atoms with van der Waals surface area (Å²) in [6, 6.07) is 2.89. The van der Waals surface area contributed by atoms with E-state index in [9.17, 15) is 9.18 Å². The number of rotatable bonds is 6. The molecule has 1 amide bonds. The van der Waals surface area contributed by atoms with E-state index in [1.54, 1.807) is 6.07 Å². The number of carbonyl (C=O) groups excluding carboxylic acids is 1. The van der Waals surface area contributed by atoms with Crippen LogP contribution in [0.25, 0.3) is 0 Å². The molecule has 1 fully saturated rings. The Balaban J connectivity index is 1.36. The molecule has 0 spiro atoms. The van der Waals surface area contributed by atoms with Gasteiger partial charge in [-0.05, 0) is 43.7 Å². The number of hydrogen-bond acceptors (Lipinski definition) is 7. The second-order valence-corrected chi connectivity index (χ2v) is 8.43. The van der Waals surface area contributed by atoms with E-state index in [1.807, 2.05) is 32.7 Å². The zero-order valence-electron chi connectivity index (χ0n) is 17.6. The number of aromatic nitrogens is 3. The predicted molar refractivity (Wildman–Crippen MR) is 112 cm³/mol. The average molecular weight is 414 g/mol. The molecule has 0 aromatic carbocycles. The smallest absolute Gasteiger partial charge is 0.247 e. The lowest BCUT2D eigenvalue weighted by Crippen LogP contribution is -2.50. The van der Waals surface area contributed by atoms with Gasteiger partial charge < -0.3 is 20.3 Å². The fourth-order valence-electron chi connectivity index (χ4n) is 4.11. The minimum Gasteiger partial charge on any atom is -0.492 e. The summed E-state index contributed by atoms with van der Waals surface area (Å²) in [5.41, 5.74) is 1.42. The van der Waals surface area contributed by atoms with E-state index in [-0.39, 0.29) is 23.9 Å². The molecule has 0 unspecified atom stereocenters. The number of ether oxygens (including phenoxy) is 1. The molecule has 1 aliphatic heterocycles. The first-order valence-corrected chi connectivity index (χ1v) is 10.2. The van der Waals surface area contributed by atoms with Crippen LogP contribution in [0.4, 0.5) is 21.8 Å². The van der Waals surface area contributed by atoms with Crippen molar-refractivity contribution in [2.45, 2.75) is 45.7 Å². The number of likely N-dealkylation sites (N-methyl/N-ethyl adjacent to an activating group) is 1. The summed E-state index contributed by atoms with van der Waals surface area (Å²) in [7, 11) is 1.90. The molecule has 4 rings (SSSR count). The minimum atomic E-state index is -0.513. The lowest BCUT2D eigenvalue weighted by atomic mass is 9.81. The van der Waals surface area contributed by atoms with Crippen LogP contribution >= 0.6 is 0 Å². The normalized spacial score (nSPS) is 22.9. The van der Waals surface area contributed by atoms with Crippen LogP contribution in [0.15, 0.2) is 18.3 Å². The Morgan fingerprint density at radius 2 is 2.10 bits per heavy atom. The van der Waals surface area contributed by atoms with Crippen LogP contribution in [0.3, 0.4) is 0 Å². The third-order valence-corrected chi connectivity index (χ3v) is 5.73. The molecule has 2 aliphatic rings. The molecule has 2 aromatic heterocycles. The number of pyridine rings is 1. The van der Waals surface area contributed by atoms with Crippen molar-refractivity contribution in [3.05, 3.63) is 30.0 Å². The first-order chi connectivity index (χ1) is 14.3. The molecule has 30 heavy (non-hydrogen) atoms. The average Bonchev–Trinajstić information content (AvgIpc) is 2.65. The highest BCUT2D eigenvalue weighted by atomic mass is 19.1. The van der Waals surface area contributed by atoms with Gasteiger partial charge in [-0.15, -0.1) is 0 Å².